The molecule has 0 N–H and O–H groups in total. The van der Waals surface area contributed by atoms with Crippen LogP contribution in [0.3, 0.4) is 0 Å². The highest BCUT2D eigenvalue weighted by atomic mass is 16.5. The maximum absolute atomic E-state index is 7.05. The van der Waals surface area contributed by atoms with Gasteiger partial charge >= 0.3 is 0 Å². The van der Waals surface area contributed by atoms with Gasteiger partial charge in [-0.2, -0.15) is 0 Å². The van der Waals surface area contributed by atoms with Crippen LogP contribution in [0.25, 0.3) is 66.1 Å². The molecule has 2 heterocycles. The molecule has 292 valence electrons. The Morgan fingerprint density at radius 2 is 0.871 bits per heavy atom. The van der Waals surface area contributed by atoms with E-state index in [-0.39, 0.29) is 0 Å². The van der Waals surface area contributed by atoms with Crippen LogP contribution in [0, 0.1) is 0 Å². The lowest BCUT2D eigenvalue weighted by Gasteiger charge is -2.32. The smallest absolute Gasteiger partial charge is 0.159 e. The Labute approximate surface area is 359 Å². The van der Waals surface area contributed by atoms with Gasteiger partial charge in [-0.1, -0.05) is 158 Å². The number of fused-ring (bicyclic) bond motifs is 5. The van der Waals surface area contributed by atoms with E-state index in [0.29, 0.717) is 0 Å². The standard InChI is InChI=1S/C58H38N2O2/c1-4-15-39(16-5-1)40-29-31-41(32-30-40)42-33-35-46(36-34-42)60(52-26-13-23-49-48-22-10-11-27-53(48)62-58(49)52)47-37-43-17-12-24-50-56(43)55(38-47)61-54-28-14-25-51(57(50)54)59(44-18-6-2-7-19-44)45-20-8-3-9-21-45/h1-38H. The molecule has 12 rings (SSSR count). The van der Waals surface area contributed by atoms with Crippen molar-refractivity contribution >= 4 is 66.8 Å². The van der Waals surface area contributed by atoms with Gasteiger partial charge in [0.05, 0.1) is 17.1 Å². The van der Waals surface area contributed by atoms with Crippen LogP contribution in [-0.2, 0) is 0 Å². The van der Waals surface area contributed by atoms with Crippen molar-refractivity contribution in [2.24, 2.45) is 0 Å². The first kappa shape index (κ1) is 35.6. The maximum Gasteiger partial charge on any atom is 0.159 e. The summed E-state index contributed by atoms with van der Waals surface area (Å²) in [6.45, 7) is 0. The molecule has 4 heteroatoms. The van der Waals surface area contributed by atoms with Gasteiger partial charge in [-0.3, -0.25) is 0 Å². The van der Waals surface area contributed by atoms with E-state index in [4.69, 9.17) is 9.15 Å². The van der Waals surface area contributed by atoms with Crippen molar-refractivity contribution in [3.63, 3.8) is 0 Å². The van der Waals surface area contributed by atoms with Crippen molar-refractivity contribution in [3.8, 4) is 44.9 Å². The summed E-state index contributed by atoms with van der Waals surface area (Å²) in [5, 5.41) is 4.32. The van der Waals surface area contributed by atoms with E-state index in [2.05, 4.69) is 228 Å². The quantitative estimate of drug-likeness (QED) is 0.153. The molecule has 1 aliphatic heterocycles. The van der Waals surface area contributed by atoms with E-state index < -0.39 is 0 Å². The predicted octanol–water partition coefficient (Wildman–Crippen LogP) is 16.8. The molecular formula is C58H38N2O2. The Balaban J connectivity index is 1.01. The third-order valence-electron chi connectivity index (χ3n) is 12.0. The number of benzene rings is 10. The number of ether oxygens (including phenoxy) is 1. The van der Waals surface area contributed by atoms with Gasteiger partial charge in [0.2, 0.25) is 0 Å². The zero-order valence-corrected chi connectivity index (χ0v) is 33.7. The van der Waals surface area contributed by atoms with Crippen LogP contribution in [0.5, 0.6) is 11.5 Å². The number of hydrogen-bond acceptors (Lipinski definition) is 4. The molecule has 0 bridgehead atoms. The van der Waals surface area contributed by atoms with Crippen molar-refractivity contribution in [3.05, 3.63) is 231 Å². The fourth-order valence-electron chi connectivity index (χ4n) is 9.18. The molecular weight excluding hydrogens is 757 g/mol. The van der Waals surface area contributed by atoms with Crippen LogP contribution < -0.4 is 14.5 Å². The fourth-order valence-corrected chi connectivity index (χ4v) is 9.18. The zero-order valence-electron chi connectivity index (χ0n) is 33.7. The van der Waals surface area contributed by atoms with Gasteiger partial charge in [-0.15, -0.1) is 0 Å². The third kappa shape index (κ3) is 6.00. The van der Waals surface area contributed by atoms with Crippen LogP contribution in [0.15, 0.2) is 235 Å². The lowest BCUT2D eigenvalue weighted by atomic mass is 9.92. The summed E-state index contributed by atoms with van der Waals surface area (Å²) in [5.41, 5.74) is 14.7. The number of nitrogens with zero attached hydrogens (tertiary/aromatic N) is 2. The second-order valence-electron chi connectivity index (χ2n) is 15.7. The Bertz CT molecular complexity index is 3380. The Kier molecular flexibility index (Phi) is 8.46. The fraction of sp³-hybridized carbons (Fsp3) is 0. The predicted molar refractivity (Wildman–Crippen MR) is 257 cm³/mol. The van der Waals surface area contributed by atoms with Crippen LogP contribution in [-0.4, -0.2) is 0 Å². The lowest BCUT2D eigenvalue weighted by molar-refractivity contribution is 0.487. The number of anilines is 6. The van der Waals surface area contributed by atoms with E-state index in [0.717, 1.165) is 101 Å². The normalized spacial score (nSPS) is 11.7. The highest BCUT2D eigenvalue weighted by Crippen LogP contribution is 2.54. The Morgan fingerprint density at radius 3 is 1.58 bits per heavy atom. The van der Waals surface area contributed by atoms with Crippen LogP contribution in [0.1, 0.15) is 0 Å². The van der Waals surface area contributed by atoms with Gasteiger partial charge in [-0.25, -0.2) is 0 Å². The summed E-state index contributed by atoms with van der Waals surface area (Å²) < 4.78 is 13.8. The van der Waals surface area contributed by atoms with Gasteiger partial charge < -0.3 is 19.0 Å². The monoisotopic (exact) mass is 794 g/mol. The summed E-state index contributed by atoms with van der Waals surface area (Å²) in [4.78, 5) is 4.62. The molecule has 4 nitrogen and oxygen atoms in total. The minimum Gasteiger partial charge on any atom is -0.456 e. The van der Waals surface area contributed by atoms with E-state index in [1.165, 1.54) is 11.1 Å². The van der Waals surface area contributed by atoms with Gasteiger partial charge in [-0.05, 0) is 99.9 Å². The van der Waals surface area contributed by atoms with Gasteiger partial charge in [0.25, 0.3) is 0 Å². The van der Waals surface area contributed by atoms with Gasteiger partial charge in [0.15, 0.2) is 5.58 Å². The third-order valence-corrected chi connectivity index (χ3v) is 12.0. The van der Waals surface area contributed by atoms with Crippen molar-refractivity contribution in [2.75, 3.05) is 9.80 Å². The van der Waals surface area contributed by atoms with Gasteiger partial charge in [0.1, 0.15) is 17.1 Å². The first-order chi connectivity index (χ1) is 30.7. The summed E-state index contributed by atoms with van der Waals surface area (Å²) >= 11 is 0. The molecule has 0 radical (unpaired) electrons. The molecule has 0 saturated heterocycles. The van der Waals surface area contributed by atoms with Crippen LogP contribution >= 0.6 is 0 Å². The number of para-hydroxylation sites is 4. The van der Waals surface area contributed by atoms with E-state index >= 15 is 0 Å². The Hall–Kier alpha value is -8.34. The second kappa shape index (κ2) is 14.7. The highest BCUT2D eigenvalue weighted by Gasteiger charge is 2.28. The first-order valence-corrected chi connectivity index (χ1v) is 21.0. The maximum atomic E-state index is 7.05. The summed E-state index contributed by atoms with van der Waals surface area (Å²) in [6.07, 6.45) is 0. The molecule has 10 aromatic carbocycles. The summed E-state index contributed by atoms with van der Waals surface area (Å²) in [7, 11) is 0. The van der Waals surface area contributed by atoms with Crippen LogP contribution in [0.2, 0.25) is 0 Å². The Morgan fingerprint density at radius 1 is 0.339 bits per heavy atom. The molecule has 0 spiro atoms. The van der Waals surface area contributed by atoms with Crippen molar-refractivity contribution in [2.45, 2.75) is 0 Å². The SMILES string of the molecule is c1ccc(-c2ccc(-c3ccc(N(c4cc5c6c(cccc6c4)-c4c(cccc4N(c4ccccc4)c4ccccc4)O5)c4cccc5c4oc4ccccc45)cc3)cc2)cc1. The first-order valence-electron chi connectivity index (χ1n) is 21.0. The van der Waals surface area contributed by atoms with Gasteiger partial charge in [0, 0.05) is 44.9 Å². The molecule has 62 heavy (non-hydrogen) atoms. The minimum atomic E-state index is 0.806. The van der Waals surface area contributed by atoms with E-state index in [1.54, 1.807) is 0 Å². The highest BCUT2D eigenvalue weighted by molar-refractivity contribution is 6.12. The summed E-state index contributed by atoms with van der Waals surface area (Å²) in [6, 6.07) is 81.3. The molecule has 1 aliphatic rings. The molecule has 0 fully saturated rings. The average Bonchev–Trinajstić information content (AvgIpc) is 3.73. The largest absolute Gasteiger partial charge is 0.456 e. The molecule has 11 aromatic rings. The lowest BCUT2D eigenvalue weighted by Crippen LogP contribution is -2.13. The van der Waals surface area contributed by atoms with Crippen molar-refractivity contribution < 1.29 is 9.15 Å². The molecule has 0 aliphatic carbocycles. The zero-order chi connectivity index (χ0) is 41.0. The second-order valence-corrected chi connectivity index (χ2v) is 15.7. The topological polar surface area (TPSA) is 28.9 Å². The number of furan rings is 1. The minimum absolute atomic E-state index is 0.806. The molecule has 0 unspecified atom stereocenters. The van der Waals surface area contributed by atoms with Crippen molar-refractivity contribution in [1.82, 2.24) is 0 Å². The number of hydrogen-bond donors (Lipinski definition) is 0. The molecule has 0 amide bonds. The molecule has 0 saturated carbocycles. The van der Waals surface area contributed by atoms with Crippen molar-refractivity contribution in [1.29, 1.82) is 0 Å². The molecule has 1 aromatic heterocycles. The van der Waals surface area contributed by atoms with E-state index in [1.807, 2.05) is 12.1 Å². The number of rotatable bonds is 8. The van der Waals surface area contributed by atoms with E-state index in [9.17, 15) is 0 Å². The van der Waals surface area contributed by atoms with Crippen LogP contribution in [0.4, 0.5) is 34.1 Å². The molecule has 0 atom stereocenters. The average molecular weight is 795 g/mol. The summed E-state index contributed by atoms with van der Waals surface area (Å²) in [5.74, 6) is 1.62.